The zero-order valence-corrected chi connectivity index (χ0v) is 24.7. The summed E-state index contributed by atoms with van der Waals surface area (Å²) in [6.07, 6.45) is 3.60. The first-order valence-electron chi connectivity index (χ1n) is 13.5. The zero-order valence-electron chi connectivity index (χ0n) is 23.9. The third kappa shape index (κ3) is 6.10. The molecule has 1 aromatic heterocycles. The lowest BCUT2D eigenvalue weighted by Crippen LogP contribution is -2.35. The summed E-state index contributed by atoms with van der Waals surface area (Å²) in [7, 11) is 3.69. The Morgan fingerprint density at radius 2 is 1.88 bits per heavy atom. The Labute approximate surface area is 248 Å². The number of ether oxygens (including phenoxy) is 1. The van der Waals surface area contributed by atoms with Crippen molar-refractivity contribution in [3.8, 4) is 5.75 Å². The molecule has 0 spiro atoms. The zero-order chi connectivity index (χ0) is 30.2. The molecule has 42 heavy (non-hydrogen) atoms. The summed E-state index contributed by atoms with van der Waals surface area (Å²) < 4.78 is 19.9. The number of likely N-dealkylation sites (N-methyl/N-ethyl adjacent to an activating group) is 1. The number of fused-ring (bicyclic) bond motifs is 1. The molecule has 1 amide bonds. The summed E-state index contributed by atoms with van der Waals surface area (Å²) in [6.45, 7) is 9.53. The van der Waals surface area contributed by atoms with Crippen LogP contribution in [0, 0.1) is 11.7 Å². The van der Waals surface area contributed by atoms with E-state index in [0.717, 1.165) is 31.7 Å². The number of hydrogen-bond donors (Lipinski definition) is 4. The van der Waals surface area contributed by atoms with Gasteiger partial charge in [0, 0.05) is 43.0 Å². The Kier molecular flexibility index (Phi) is 8.22. The van der Waals surface area contributed by atoms with Crippen LogP contribution in [0.2, 0.25) is 5.02 Å². The highest BCUT2D eigenvalue weighted by Gasteiger charge is 2.41. The number of hydrogen-bond acceptors (Lipinski definition) is 10. The fourth-order valence-corrected chi connectivity index (χ4v) is 5.81. The van der Waals surface area contributed by atoms with Crippen molar-refractivity contribution >= 4 is 52.2 Å². The lowest BCUT2D eigenvalue weighted by molar-refractivity contribution is -0.111. The highest BCUT2D eigenvalue weighted by molar-refractivity contribution is 6.31. The van der Waals surface area contributed by atoms with Gasteiger partial charge in [0.25, 0.3) is 0 Å². The normalized spacial score (nSPS) is 18.5. The van der Waals surface area contributed by atoms with Crippen molar-refractivity contribution in [3.05, 3.63) is 59.7 Å². The van der Waals surface area contributed by atoms with E-state index in [9.17, 15) is 14.3 Å². The monoisotopic (exact) mass is 596 g/mol. The smallest absolute Gasteiger partial charge is 0.247 e. The largest absolute Gasteiger partial charge is 0.494 e. The van der Waals surface area contributed by atoms with E-state index >= 15 is 0 Å². The number of aliphatic hydroxyl groups is 1. The number of halogens is 2. The van der Waals surface area contributed by atoms with E-state index in [-0.39, 0.29) is 28.4 Å². The molecule has 1 unspecified atom stereocenters. The molecule has 0 saturated carbocycles. The molecule has 11 nitrogen and oxygen atoms in total. The van der Waals surface area contributed by atoms with Crippen molar-refractivity contribution in [1.29, 1.82) is 0 Å². The second-order valence-electron chi connectivity index (χ2n) is 11.0. The summed E-state index contributed by atoms with van der Waals surface area (Å²) in [5.74, 6) is 0.406. The predicted molar refractivity (Wildman–Crippen MR) is 162 cm³/mol. The number of amides is 1. The molecule has 5 rings (SSSR count). The van der Waals surface area contributed by atoms with Crippen molar-refractivity contribution < 1.29 is 19.0 Å². The van der Waals surface area contributed by atoms with Crippen LogP contribution in [0.1, 0.15) is 25.8 Å². The molecule has 2 saturated heterocycles. The second kappa shape index (κ2) is 11.7. The van der Waals surface area contributed by atoms with Gasteiger partial charge < -0.3 is 35.6 Å². The molecule has 0 bridgehead atoms. The Hall–Kier alpha value is -4.00. The minimum absolute atomic E-state index is 0.120. The third-order valence-corrected chi connectivity index (χ3v) is 7.87. The van der Waals surface area contributed by atoms with Crippen LogP contribution < -0.4 is 25.6 Å². The molecule has 4 N–H and O–H groups in total. The number of rotatable bonds is 9. The van der Waals surface area contributed by atoms with Gasteiger partial charge in [-0.2, -0.15) is 4.98 Å². The maximum atomic E-state index is 14.2. The van der Waals surface area contributed by atoms with Gasteiger partial charge in [0.05, 0.1) is 34.8 Å². The highest BCUT2D eigenvalue weighted by atomic mass is 35.5. The number of likely N-dealkylation sites (tertiary alicyclic amines) is 1. The van der Waals surface area contributed by atoms with Gasteiger partial charge in [-0.3, -0.25) is 4.79 Å². The topological polar surface area (TPSA) is 128 Å². The van der Waals surface area contributed by atoms with Gasteiger partial charge in [-0.05, 0) is 57.5 Å². The fourth-order valence-electron chi connectivity index (χ4n) is 5.64. The Balaban J connectivity index is 1.47. The molecular weight excluding hydrogens is 563 g/mol. The minimum Gasteiger partial charge on any atom is -0.494 e. The number of nitrogens with one attached hydrogen (secondary N) is 3. The molecule has 222 valence electrons. The van der Waals surface area contributed by atoms with E-state index < -0.39 is 11.4 Å². The van der Waals surface area contributed by atoms with E-state index in [2.05, 4.69) is 54.3 Å². The molecule has 2 aromatic carbocycles. The number of nitrogens with zero attached hydrogens (tertiary/aromatic N) is 5. The third-order valence-electron chi connectivity index (χ3n) is 7.59. The van der Waals surface area contributed by atoms with Crippen LogP contribution in [-0.2, 0) is 10.4 Å². The number of carbonyl (C=O) groups is 1. The van der Waals surface area contributed by atoms with E-state index in [1.165, 1.54) is 38.4 Å². The highest BCUT2D eigenvalue weighted by Crippen LogP contribution is 2.43. The standard InChI is InChI=1S/C29H34ClFN8O3/c1-6-26(40)34-21-11-22(25(42-5)12-23(21)39-8-7-16-13-38(4)14-24(16)39)36-28-33-15-32-27(37-28)35-20-10-18(30)19(31)9-17(20)29(2,3)41/h6,9-12,15-16,24,41H,1,7-8,13-14H2,2-5H3,(H,34,40)(H2,32,33,35,36,37)/t16?,24-/m0/s1. The summed E-state index contributed by atoms with van der Waals surface area (Å²) in [4.78, 5) is 29.9. The van der Waals surface area contributed by atoms with Crippen molar-refractivity contribution in [2.45, 2.75) is 31.9 Å². The van der Waals surface area contributed by atoms with Crippen LogP contribution in [0.25, 0.3) is 0 Å². The molecule has 13 heteroatoms. The Morgan fingerprint density at radius 3 is 2.55 bits per heavy atom. The van der Waals surface area contributed by atoms with Gasteiger partial charge in [0.1, 0.15) is 17.9 Å². The SMILES string of the molecule is C=CC(=O)Nc1cc(Nc2ncnc(Nc3cc(Cl)c(F)cc3C(C)(C)O)n2)c(OC)cc1N1CCC2CN(C)C[C@@H]21. The number of benzene rings is 2. The van der Waals surface area contributed by atoms with Gasteiger partial charge in [-0.15, -0.1) is 0 Å². The molecule has 2 aliphatic rings. The second-order valence-corrected chi connectivity index (χ2v) is 11.5. The number of methoxy groups -OCH3 is 1. The van der Waals surface area contributed by atoms with Crippen molar-refractivity contribution in [2.75, 3.05) is 54.6 Å². The van der Waals surface area contributed by atoms with Crippen LogP contribution in [0.3, 0.4) is 0 Å². The van der Waals surface area contributed by atoms with Crippen molar-refractivity contribution in [3.63, 3.8) is 0 Å². The lowest BCUT2D eigenvalue weighted by atomic mass is 9.96. The first-order chi connectivity index (χ1) is 20.0. The molecule has 2 aliphatic heterocycles. The Bertz CT molecular complexity index is 1510. The molecular formula is C29H34ClFN8O3. The first kappa shape index (κ1) is 29.5. The van der Waals surface area contributed by atoms with Gasteiger partial charge in [0.2, 0.25) is 17.8 Å². The molecule has 0 aliphatic carbocycles. The summed E-state index contributed by atoms with van der Waals surface area (Å²) in [5, 5.41) is 19.5. The lowest BCUT2D eigenvalue weighted by Gasteiger charge is -2.29. The van der Waals surface area contributed by atoms with Crippen molar-refractivity contribution in [2.24, 2.45) is 5.92 Å². The quantitative estimate of drug-likeness (QED) is 0.259. The molecule has 3 heterocycles. The molecule has 2 fully saturated rings. The maximum Gasteiger partial charge on any atom is 0.247 e. The summed E-state index contributed by atoms with van der Waals surface area (Å²) >= 11 is 6.01. The van der Waals surface area contributed by atoms with Crippen molar-refractivity contribution in [1.82, 2.24) is 19.9 Å². The van der Waals surface area contributed by atoms with Crippen LogP contribution in [0.4, 0.5) is 39.0 Å². The van der Waals surface area contributed by atoms with Crippen LogP contribution >= 0.6 is 11.6 Å². The van der Waals surface area contributed by atoms with Crippen LogP contribution in [0.15, 0.2) is 43.2 Å². The van der Waals surface area contributed by atoms with E-state index in [4.69, 9.17) is 16.3 Å². The van der Waals surface area contributed by atoms with Gasteiger partial charge in [-0.25, -0.2) is 14.4 Å². The van der Waals surface area contributed by atoms with Gasteiger partial charge in [0.15, 0.2) is 0 Å². The van der Waals surface area contributed by atoms with E-state index in [1.54, 1.807) is 13.2 Å². The molecule has 3 aromatic rings. The minimum atomic E-state index is -1.37. The van der Waals surface area contributed by atoms with E-state index in [1.807, 2.05) is 6.07 Å². The molecule has 0 radical (unpaired) electrons. The first-order valence-corrected chi connectivity index (χ1v) is 13.9. The number of anilines is 6. The predicted octanol–water partition coefficient (Wildman–Crippen LogP) is 4.65. The van der Waals surface area contributed by atoms with Gasteiger partial charge >= 0.3 is 0 Å². The van der Waals surface area contributed by atoms with Gasteiger partial charge in [-0.1, -0.05) is 18.2 Å². The average molecular weight is 597 g/mol. The van der Waals surface area contributed by atoms with E-state index in [0.29, 0.717) is 34.8 Å². The number of carbonyl (C=O) groups excluding carboxylic acids is 1. The van der Waals surface area contributed by atoms with Crippen LogP contribution in [0.5, 0.6) is 5.75 Å². The fraction of sp³-hybridized carbons (Fsp3) is 0.379. The summed E-state index contributed by atoms with van der Waals surface area (Å²) in [5.41, 5.74) is 1.22. The summed E-state index contributed by atoms with van der Waals surface area (Å²) in [6, 6.07) is 6.55. The van der Waals surface area contributed by atoms with Crippen LogP contribution in [-0.4, -0.2) is 70.7 Å². The maximum absolute atomic E-state index is 14.2. The average Bonchev–Trinajstić information content (AvgIpc) is 3.49. The number of aromatic nitrogens is 3. The molecule has 2 atom stereocenters. The Morgan fingerprint density at radius 1 is 1.17 bits per heavy atom.